The summed E-state index contributed by atoms with van der Waals surface area (Å²) in [5, 5.41) is 0.493. The summed E-state index contributed by atoms with van der Waals surface area (Å²) in [6.07, 6.45) is 0. The van der Waals surface area contributed by atoms with Crippen molar-refractivity contribution >= 4 is 27.5 Å². The molecule has 0 heterocycles. The summed E-state index contributed by atoms with van der Waals surface area (Å²) < 4.78 is 27.8. The Morgan fingerprint density at radius 2 is 1.84 bits per heavy atom. The Kier molecular flexibility index (Phi) is 4.23. The van der Waals surface area contributed by atoms with Crippen LogP contribution in [0.1, 0.15) is 22.7 Å². The predicted octanol–water partition coefficient (Wildman–Crippen LogP) is 4.74. The number of aryl methyl sites for hydroxylation is 1. The van der Waals surface area contributed by atoms with Crippen LogP contribution in [0.15, 0.2) is 34.8 Å². The van der Waals surface area contributed by atoms with Crippen molar-refractivity contribution in [3.05, 3.63) is 68.2 Å². The molecule has 1 nitrogen and oxygen atoms in total. The molecule has 2 rings (SSSR count). The maximum Gasteiger partial charge on any atom is 0.131 e. The van der Waals surface area contributed by atoms with Crippen molar-refractivity contribution in [2.75, 3.05) is 0 Å². The van der Waals surface area contributed by atoms with Crippen LogP contribution in [-0.2, 0) is 0 Å². The fourth-order valence-corrected chi connectivity index (χ4v) is 2.24. The number of halogens is 4. The normalized spacial score (nSPS) is 12.5. The lowest BCUT2D eigenvalue weighted by molar-refractivity contribution is 0.561. The molecule has 0 bridgehead atoms. The van der Waals surface area contributed by atoms with Crippen LogP contribution in [0.2, 0.25) is 5.02 Å². The zero-order valence-electron chi connectivity index (χ0n) is 10.1. The van der Waals surface area contributed by atoms with Gasteiger partial charge < -0.3 is 5.73 Å². The summed E-state index contributed by atoms with van der Waals surface area (Å²) in [5.41, 5.74) is 7.29. The molecule has 0 aliphatic heterocycles. The molecule has 1 atom stereocenters. The number of benzene rings is 2. The van der Waals surface area contributed by atoms with Gasteiger partial charge in [-0.05, 0) is 52.2 Å². The molecule has 0 aliphatic carbocycles. The molecule has 1 unspecified atom stereocenters. The van der Waals surface area contributed by atoms with E-state index in [9.17, 15) is 8.78 Å². The van der Waals surface area contributed by atoms with Crippen molar-refractivity contribution in [1.29, 1.82) is 0 Å². The van der Waals surface area contributed by atoms with Gasteiger partial charge in [0.25, 0.3) is 0 Å². The molecule has 0 saturated carbocycles. The molecule has 0 aliphatic rings. The summed E-state index contributed by atoms with van der Waals surface area (Å²) >= 11 is 9.26. The molecule has 0 spiro atoms. The van der Waals surface area contributed by atoms with E-state index in [0.717, 1.165) is 10.5 Å². The molecule has 0 radical (unpaired) electrons. The van der Waals surface area contributed by atoms with Crippen LogP contribution in [0.4, 0.5) is 8.78 Å². The Hall–Kier alpha value is -0.970. The second-order valence-corrected chi connectivity index (χ2v) is 5.54. The summed E-state index contributed by atoms with van der Waals surface area (Å²) in [6, 6.07) is 6.74. The van der Waals surface area contributed by atoms with Gasteiger partial charge in [-0.1, -0.05) is 17.7 Å². The largest absolute Gasteiger partial charge is 0.320 e. The van der Waals surface area contributed by atoms with Crippen molar-refractivity contribution in [2.45, 2.75) is 13.0 Å². The molecule has 5 heteroatoms. The number of rotatable bonds is 2. The molecule has 0 fully saturated rings. The average Bonchev–Trinajstić information content (AvgIpc) is 2.36. The maximum atomic E-state index is 13.8. The van der Waals surface area contributed by atoms with Crippen LogP contribution in [0.5, 0.6) is 0 Å². The van der Waals surface area contributed by atoms with E-state index in [1.807, 2.05) is 0 Å². The molecule has 0 saturated heterocycles. The molecule has 2 N–H and O–H groups in total. The first-order valence-corrected chi connectivity index (χ1v) is 6.73. The lowest BCUT2D eigenvalue weighted by atomic mass is 9.97. The van der Waals surface area contributed by atoms with E-state index in [4.69, 9.17) is 17.3 Å². The lowest BCUT2D eigenvalue weighted by Crippen LogP contribution is -2.14. The Labute approximate surface area is 123 Å². The number of hydrogen-bond acceptors (Lipinski definition) is 1. The Bertz CT molecular complexity index is 631. The molecule has 0 aromatic heterocycles. The quantitative estimate of drug-likeness (QED) is 0.835. The highest BCUT2D eigenvalue weighted by Gasteiger charge is 2.16. The van der Waals surface area contributed by atoms with Crippen LogP contribution in [0.3, 0.4) is 0 Å². The Morgan fingerprint density at radius 3 is 2.47 bits per heavy atom. The van der Waals surface area contributed by atoms with E-state index < -0.39 is 17.7 Å². The van der Waals surface area contributed by atoms with Crippen molar-refractivity contribution < 1.29 is 8.78 Å². The van der Waals surface area contributed by atoms with E-state index in [1.165, 1.54) is 6.07 Å². The SMILES string of the molecule is Cc1cc(C(N)c2ccc(Br)c(Cl)c2)c(F)cc1F. The summed E-state index contributed by atoms with van der Waals surface area (Å²) in [4.78, 5) is 0. The van der Waals surface area contributed by atoms with Gasteiger partial charge in [0.2, 0.25) is 0 Å². The van der Waals surface area contributed by atoms with E-state index in [1.54, 1.807) is 25.1 Å². The third-order valence-corrected chi connectivity index (χ3v) is 4.15. The zero-order chi connectivity index (χ0) is 14.2. The van der Waals surface area contributed by atoms with Gasteiger partial charge in [0.15, 0.2) is 0 Å². The van der Waals surface area contributed by atoms with Crippen LogP contribution < -0.4 is 5.73 Å². The third-order valence-electron chi connectivity index (χ3n) is 2.92. The van der Waals surface area contributed by atoms with Crippen LogP contribution in [-0.4, -0.2) is 0 Å². The van der Waals surface area contributed by atoms with E-state index in [-0.39, 0.29) is 5.56 Å². The highest BCUT2D eigenvalue weighted by Crippen LogP contribution is 2.29. The molecule has 100 valence electrons. The van der Waals surface area contributed by atoms with Gasteiger partial charge in [-0.25, -0.2) is 8.78 Å². The lowest BCUT2D eigenvalue weighted by Gasteiger charge is -2.15. The van der Waals surface area contributed by atoms with E-state index in [0.29, 0.717) is 16.1 Å². The molecule has 2 aromatic carbocycles. The zero-order valence-corrected chi connectivity index (χ0v) is 12.4. The monoisotopic (exact) mass is 345 g/mol. The summed E-state index contributed by atoms with van der Waals surface area (Å²) in [7, 11) is 0. The molecule has 19 heavy (non-hydrogen) atoms. The van der Waals surface area contributed by atoms with Gasteiger partial charge in [-0.15, -0.1) is 0 Å². The van der Waals surface area contributed by atoms with Gasteiger partial charge in [-0.2, -0.15) is 0 Å². The van der Waals surface area contributed by atoms with Gasteiger partial charge in [0.1, 0.15) is 11.6 Å². The fraction of sp³-hybridized carbons (Fsp3) is 0.143. The molecule has 2 aromatic rings. The predicted molar refractivity (Wildman–Crippen MR) is 76.3 cm³/mol. The van der Waals surface area contributed by atoms with Gasteiger partial charge in [-0.3, -0.25) is 0 Å². The first-order valence-electron chi connectivity index (χ1n) is 5.56. The summed E-state index contributed by atoms with van der Waals surface area (Å²) in [6.45, 7) is 1.57. The van der Waals surface area contributed by atoms with E-state index in [2.05, 4.69) is 15.9 Å². The Morgan fingerprint density at radius 1 is 1.16 bits per heavy atom. The van der Waals surface area contributed by atoms with Gasteiger partial charge >= 0.3 is 0 Å². The minimum atomic E-state index is -0.690. The standard InChI is InChI=1S/C14H11BrClF2N/c1-7-4-9(13(18)6-12(7)17)14(19)8-2-3-10(15)11(16)5-8/h2-6,14H,19H2,1H3. The van der Waals surface area contributed by atoms with Gasteiger partial charge in [0, 0.05) is 16.1 Å². The first kappa shape index (κ1) is 14.4. The van der Waals surface area contributed by atoms with Crippen LogP contribution in [0, 0.1) is 18.6 Å². The van der Waals surface area contributed by atoms with Crippen LogP contribution >= 0.6 is 27.5 Å². The highest BCUT2D eigenvalue weighted by molar-refractivity contribution is 9.10. The molecular weight excluding hydrogens is 336 g/mol. The fourth-order valence-electron chi connectivity index (χ4n) is 1.80. The maximum absolute atomic E-state index is 13.8. The summed E-state index contributed by atoms with van der Waals surface area (Å²) in [5.74, 6) is -1.24. The minimum Gasteiger partial charge on any atom is -0.320 e. The number of hydrogen-bond donors (Lipinski definition) is 1. The molecular formula is C14H11BrClF2N. The van der Waals surface area contributed by atoms with Crippen molar-refractivity contribution in [3.63, 3.8) is 0 Å². The minimum absolute atomic E-state index is 0.247. The molecule has 0 amide bonds. The average molecular weight is 347 g/mol. The van der Waals surface area contributed by atoms with Crippen molar-refractivity contribution in [2.24, 2.45) is 5.73 Å². The van der Waals surface area contributed by atoms with Crippen molar-refractivity contribution in [3.8, 4) is 0 Å². The highest BCUT2D eigenvalue weighted by atomic mass is 79.9. The smallest absolute Gasteiger partial charge is 0.131 e. The van der Waals surface area contributed by atoms with Gasteiger partial charge in [0.05, 0.1) is 11.1 Å². The van der Waals surface area contributed by atoms with E-state index >= 15 is 0 Å². The Balaban J connectivity index is 2.46. The second-order valence-electron chi connectivity index (χ2n) is 4.27. The van der Waals surface area contributed by atoms with Crippen LogP contribution in [0.25, 0.3) is 0 Å². The topological polar surface area (TPSA) is 26.0 Å². The second kappa shape index (κ2) is 5.57. The first-order chi connectivity index (χ1) is 8.90. The third kappa shape index (κ3) is 2.96. The number of nitrogens with two attached hydrogens (primary N) is 1. The van der Waals surface area contributed by atoms with Crippen molar-refractivity contribution in [1.82, 2.24) is 0 Å².